The van der Waals surface area contributed by atoms with Crippen molar-refractivity contribution in [3.05, 3.63) is 46.5 Å². The van der Waals surface area contributed by atoms with E-state index in [1.165, 1.54) is 0 Å². The molecule has 0 aromatic heterocycles. The summed E-state index contributed by atoms with van der Waals surface area (Å²) in [6.07, 6.45) is 1.94. The molecule has 1 atom stereocenters. The highest BCUT2D eigenvalue weighted by Gasteiger charge is 2.24. The number of amides is 1. The Morgan fingerprint density at radius 3 is 2.38 bits per heavy atom. The average molecular weight is 464 g/mol. The predicted octanol–water partition coefficient (Wildman–Crippen LogP) is 4.26. The SMILES string of the molecule is COc1cc(CN(C[C@@H]2CCCO2)C(=O)COc2ccc(Cl)cc2C)cc(OC)c1OC. The van der Waals surface area contributed by atoms with Gasteiger partial charge >= 0.3 is 0 Å². The Labute approximate surface area is 194 Å². The molecule has 7 nitrogen and oxygen atoms in total. The van der Waals surface area contributed by atoms with Crippen LogP contribution in [0.15, 0.2) is 30.3 Å². The van der Waals surface area contributed by atoms with E-state index in [-0.39, 0.29) is 18.6 Å². The minimum Gasteiger partial charge on any atom is -0.493 e. The smallest absolute Gasteiger partial charge is 0.260 e. The van der Waals surface area contributed by atoms with Crippen molar-refractivity contribution >= 4 is 17.5 Å². The van der Waals surface area contributed by atoms with Crippen LogP contribution in [0.3, 0.4) is 0 Å². The third kappa shape index (κ3) is 5.99. The molecular weight excluding hydrogens is 434 g/mol. The number of carbonyl (C=O) groups is 1. The minimum atomic E-state index is -0.136. The summed E-state index contributed by atoms with van der Waals surface area (Å²) in [6.45, 7) is 3.37. The van der Waals surface area contributed by atoms with Gasteiger partial charge in [0.05, 0.1) is 27.4 Å². The third-order valence-electron chi connectivity index (χ3n) is 5.39. The molecule has 0 radical (unpaired) electrons. The maximum Gasteiger partial charge on any atom is 0.260 e. The number of carbonyl (C=O) groups excluding carboxylic acids is 1. The van der Waals surface area contributed by atoms with Crippen molar-refractivity contribution in [3.63, 3.8) is 0 Å². The fourth-order valence-electron chi connectivity index (χ4n) is 3.74. The van der Waals surface area contributed by atoms with E-state index in [4.69, 9.17) is 35.3 Å². The van der Waals surface area contributed by atoms with Crippen molar-refractivity contribution in [1.82, 2.24) is 4.90 Å². The second-order valence-corrected chi connectivity index (χ2v) is 8.08. The van der Waals surface area contributed by atoms with Crippen LogP contribution in [0.5, 0.6) is 23.0 Å². The summed E-state index contributed by atoms with van der Waals surface area (Å²) in [6, 6.07) is 9.02. The summed E-state index contributed by atoms with van der Waals surface area (Å²) in [5, 5.41) is 0.628. The number of methoxy groups -OCH3 is 3. The molecule has 3 rings (SSSR count). The highest BCUT2D eigenvalue weighted by molar-refractivity contribution is 6.30. The Bertz CT molecular complexity index is 904. The standard InChI is InChI=1S/C24H30ClNO6/c1-16-10-18(25)7-8-20(16)32-15-23(27)26(14-19-6-5-9-31-19)13-17-11-21(28-2)24(30-4)22(12-17)29-3/h7-8,10-12,19H,5-6,9,13-15H2,1-4H3/t19-/m0/s1. The first-order valence-corrected chi connectivity index (χ1v) is 10.9. The van der Waals surface area contributed by atoms with Crippen molar-refractivity contribution in [2.24, 2.45) is 0 Å². The zero-order valence-corrected chi connectivity index (χ0v) is 19.7. The van der Waals surface area contributed by atoms with E-state index >= 15 is 0 Å². The van der Waals surface area contributed by atoms with E-state index < -0.39 is 0 Å². The van der Waals surface area contributed by atoms with Gasteiger partial charge in [-0.2, -0.15) is 0 Å². The van der Waals surface area contributed by atoms with Gasteiger partial charge in [-0.3, -0.25) is 4.79 Å². The average Bonchev–Trinajstić information content (AvgIpc) is 3.30. The molecule has 32 heavy (non-hydrogen) atoms. The summed E-state index contributed by atoms with van der Waals surface area (Å²) < 4.78 is 27.9. The Hall–Kier alpha value is -2.64. The van der Waals surface area contributed by atoms with Crippen LogP contribution in [0.25, 0.3) is 0 Å². The van der Waals surface area contributed by atoms with Gasteiger partial charge in [0.25, 0.3) is 5.91 Å². The number of nitrogens with zero attached hydrogens (tertiary/aromatic N) is 1. The predicted molar refractivity (Wildman–Crippen MR) is 122 cm³/mol. The van der Waals surface area contributed by atoms with Crippen molar-refractivity contribution < 1.29 is 28.5 Å². The van der Waals surface area contributed by atoms with E-state index in [1.54, 1.807) is 44.4 Å². The lowest BCUT2D eigenvalue weighted by Gasteiger charge is -2.26. The Morgan fingerprint density at radius 2 is 1.81 bits per heavy atom. The molecule has 1 saturated heterocycles. The van der Waals surface area contributed by atoms with Gasteiger partial charge in [0, 0.05) is 24.7 Å². The molecule has 0 bridgehead atoms. The molecule has 0 aliphatic carbocycles. The summed E-state index contributed by atoms with van der Waals surface area (Å²) in [4.78, 5) is 14.9. The van der Waals surface area contributed by atoms with Gasteiger partial charge in [-0.05, 0) is 61.2 Å². The van der Waals surface area contributed by atoms with E-state index in [0.717, 1.165) is 30.6 Å². The number of rotatable bonds is 10. The number of hydrogen-bond acceptors (Lipinski definition) is 6. The molecule has 0 N–H and O–H groups in total. The van der Waals surface area contributed by atoms with Crippen molar-refractivity contribution in [2.75, 3.05) is 41.1 Å². The van der Waals surface area contributed by atoms with Crippen LogP contribution in [0.2, 0.25) is 5.02 Å². The van der Waals surface area contributed by atoms with Crippen LogP contribution in [-0.4, -0.2) is 58.0 Å². The largest absolute Gasteiger partial charge is 0.493 e. The molecule has 8 heteroatoms. The van der Waals surface area contributed by atoms with Crippen molar-refractivity contribution in [3.8, 4) is 23.0 Å². The second-order valence-electron chi connectivity index (χ2n) is 7.64. The van der Waals surface area contributed by atoms with Gasteiger partial charge in [0.1, 0.15) is 5.75 Å². The first kappa shape index (κ1) is 24.0. The van der Waals surface area contributed by atoms with Crippen LogP contribution in [0, 0.1) is 6.92 Å². The zero-order valence-electron chi connectivity index (χ0n) is 19.0. The van der Waals surface area contributed by atoms with Crippen LogP contribution >= 0.6 is 11.6 Å². The highest BCUT2D eigenvalue weighted by Crippen LogP contribution is 2.38. The van der Waals surface area contributed by atoms with E-state index in [2.05, 4.69) is 0 Å². The first-order valence-electron chi connectivity index (χ1n) is 10.5. The summed E-state index contributed by atoms with van der Waals surface area (Å²) >= 11 is 6.01. The number of halogens is 1. The molecule has 1 fully saturated rings. The van der Waals surface area contributed by atoms with Crippen LogP contribution in [-0.2, 0) is 16.1 Å². The van der Waals surface area contributed by atoms with Crippen LogP contribution < -0.4 is 18.9 Å². The van der Waals surface area contributed by atoms with Gasteiger partial charge in [0.2, 0.25) is 5.75 Å². The quantitative estimate of drug-likeness (QED) is 0.524. The fraction of sp³-hybridized carbons (Fsp3) is 0.458. The second kappa shape index (κ2) is 11.3. The third-order valence-corrected chi connectivity index (χ3v) is 5.62. The molecule has 1 heterocycles. The van der Waals surface area contributed by atoms with Crippen molar-refractivity contribution in [2.45, 2.75) is 32.4 Å². The van der Waals surface area contributed by atoms with E-state index in [9.17, 15) is 4.79 Å². The molecule has 2 aromatic rings. The lowest BCUT2D eigenvalue weighted by Crippen LogP contribution is -2.39. The summed E-state index contributed by atoms with van der Waals surface area (Å²) in [5.41, 5.74) is 1.73. The highest BCUT2D eigenvalue weighted by atomic mass is 35.5. The zero-order chi connectivity index (χ0) is 23.1. The fourth-order valence-corrected chi connectivity index (χ4v) is 3.97. The van der Waals surface area contributed by atoms with Gasteiger partial charge < -0.3 is 28.6 Å². The Morgan fingerprint density at radius 1 is 1.09 bits per heavy atom. The normalized spacial score (nSPS) is 15.3. The number of benzene rings is 2. The van der Waals surface area contributed by atoms with Crippen LogP contribution in [0.1, 0.15) is 24.0 Å². The van der Waals surface area contributed by atoms with Gasteiger partial charge in [-0.25, -0.2) is 0 Å². The molecule has 0 saturated carbocycles. The van der Waals surface area contributed by atoms with E-state index in [1.807, 2.05) is 19.1 Å². The number of aryl methyl sites for hydroxylation is 1. The molecule has 1 aliphatic rings. The molecule has 1 aliphatic heterocycles. The van der Waals surface area contributed by atoms with Crippen molar-refractivity contribution in [1.29, 1.82) is 0 Å². The lowest BCUT2D eigenvalue weighted by molar-refractivity contribution is -0.135. The molecule has 0 unspecified atom stereocenters. The lowest BCUT2D eigenvalue weighted by atomic mass is 10.1. The Kier molecular flexibility index (Phi) is 8.47. The monoisotopic (exact) mass is 463 g/mol. The molecule has 2 aromatic carbocycles. The Balaban J connectivity index is 1.78. The maximum absolute atomic E-state index is 13.2. The van der Waals surface area contributed by atoms with Gasteiger partial charge in [0.15, 0.2) is 18.1 Å². The van der Waals surface area contributed by atoms with Gasteiger partial charge in [-0.1, -0.05) is 11.6 Å². The van der Waals surface area contributed by atoms with E-state index in [0.29, 0.717) is 41.1 Å². The number of ether oxygens (including phenoxy) is 5. The molecule has 0 spiro atoms. The maximum atomic E-state index is 13.2. The first-order chi connectivity index (χ1) is 15.4. The summed E-state index contributed by atoms with van der Waals surface area (Å²) in [5.74, 6) is 2.09. The topological polar surface area (TPSA) is 66.5 Å². The molecule has 1 amide bonds. The molecular formula is C24H30ClNO6. The minimum absolute atomic E-state index is 0.0123. The van der Waals surface area contributed by atoms with Gasteiger partial charge in [-0.15, -0.1) is 0 Å². The summed E-state index contributed by atoms with van der Waals surface area (Å²) in [7, 11) is 4.70. The van der Waals surface area contributed by atoms with Crippen LogP contribution in [0.4, 0.5) is 0 Å². The molecule has 174 valence electrons. The number of hydrogen-bond donors (Lipinski definition) is 0.